The Balaban J connectivity index is 1.60. The van der Waals surface area contributed by atoms with Crippen LogP contribution < -0.4 is 27.5 Å². The highest BCUT2D eigenvalue weighted by Gasteiger charge is 2.23. The van der Waals surface area contributed by atoms with Gasteiger partial charge in [0.15, 0.2) is 0 Å². The molecule has 0 saturated carbocycles. The Bertz CT molecular complexity index is 1740. The Morgan fingerprint density at radius 3 is 2.69 bits per heavy atom. The first-order valence-corrected chi connectivity index (χ1v) is 14.3. The molecule has 1 amide bonds. The first kappa shape index (κ1) is 29.6. The topological polar surface area (TPSA) is 132 Å². The number of carbonyl (C=O) groups is 1. The fourth-order valence-corrected chi connectivity index (χ4v) is 5.67. The molecule has 0 spiro atoms. The Labute approximate surface area is 257 Å². The molecule has 4 aromatic rings. The van der Waals surface area contributed by atoms with E-state index in [1.165, 1.54) is 23.6 Å². The number of hydrogen-bond acceptors (Lipinski definition) is 7. The maximum atomic E-state index is 13.7. The van der Waals surface area contributed by atoms with Crippen LogP contribution in [0.2, 0.25) is 10.0 Å². The molecule has 2 aromatic heterocycles. The highest BCUT2D eigenvalue weighted by atomic mass is 35.5. The number of nitrogens with zero attached hydrogens (tertiary/aromatic N) is 4. The van der Waals surface area contributed by atoms with Crippen LogP contribution in [0.1, 0.15) is 37.8 Å². The van der Waals surface area contributed by atoms with Gasteiger partial charge in [0.05, 0.1) is 46.9 Å². The van der Waals surface area contributed by atoms with Gasteiger partial charge >= 0.3 is 0 Å². The Kier molecular flexibility index (Phi) is 8.84. The van der Waals surface area contributed by atoms with E-state index < -0.39 is 0 Å². The van der Waals surface area contributed by atoms with Gasteiger partial charge in [0.2, 0.25) is 5.91 Å². The Morgan fingerprint density at radius 1 is 1.12 bits per heavy atom. The lowest BCUT2D eigenvalue weighted by Crippen LogP contribution is -2.27. The van der Waals surface area contributed by atoms with Gasteiger partial charge in [-0.3, -0.25) is 24.1 Å². The van der Waals surface area contributed by atoms with E-state index in [0.29, 0.717) is 57.5 Å². The molecule has 5 rings (SSSR count). The number of hydrogen-bond donors (Lipinski definition) is 3. The standard InChI is InChI=1S/C30H28Cl3N7O2/c1-17-4-2-7-25(18-5-3-6-19(10-18)29-22(32)13-36-14-24(29)38-30(17)42)39-16-37-23(12-28(39)41)21-11-20(31)8-9-26(21)40(35)15-27(33)34/h3,5-6,8-17,25H,2,4,7,34-35H2,1H3,(H,38,42)/b27-15-. The summed E-state index contributed by atoms with van der Waals surface area (Å²) < 4.78 is 1.61. The van der Waals surface area contributed by atoms with E-state index in [4.69, 9.17) is 46.4 Å². The third-order valence-electron chi connectivity index (χ3n) is 7.23. The Hall–Kier alpha value is -3.89. The number of aromatic nitrogens is 3. The van der Waals surface area contributed by atoms with Crippen molar-refractivity contribution in [3.63, 3.8) is 0 Å². The normalized spacial score (nSPS) is 17.5. The van der Waals surface area contributed by atoms with Crippen molar-refractivity contribution in [2.45, 2.75) is 32.2 Å². The van der Waals surface area contributed by atoms with Crippen LogP contribution in [0.15, 0.2) is 83.4 Å². The van der Waals surface area contributed by atoms with Crippen molar-refractivity contribution in [1.82, 2.24) is 14.5 Å². The van der Waals surface area contributed by atoms with E-state index in [1.807, 2.05) is 31.2 Å². The molecule has 12 heteroatoms. The van der Waals surface area contributed by atoms with Crippen molar-refractivity contribution in [2.24, 2.45) is 17.5 Å². The Morgan fingerprint density at radius 2 is 1.93 bits per heavy atom. The number of hydrazine groups is 1. The van der Waals surface area contributed by atoms with Crippen molar-refractivity contribution < 1.29 is 4.79 Å². The molecule has 2 unspecified atom stereocenters. The van der Waals surface area contributed by atoms with Gasteiger partial charge in [-0.1, -0.05) is 66.3 Å². The summed E-state index contributed by atoms with van der Waals surface area (Å²) in [5, 5.41) is 5.07. The second-order valence-electron chi connectivity index (χ2n) is 10.1. The van der Waals surface area contributed by atoms with Gasteiger partial charge in [0.25, 0.3) is 5.56 Å². The largest absolute Gasteiger partial charge is 0.388 e. The van der Waals surface area contributed by atoms with Gasteiger partial charge in [0.1, 0.15) is 5.16 Å². The van der Waals surface area contributed by atoms with Crippen LogP contribution in [0.25, 0.3) is 22.4 Å². The van der Waals surface area contributed by atoms with E-state index in [2.05, 4.69) is 15.3 Å². The van der Waals surface area contributed by atoms with E-state index in [-0.39, 0.29) is 28.6 Å². The summed E-state index contributed by atoms with van der Waals surface area (Å²) in [5.74, 6) is 5.77. The lowest BCUT2D eigenvalue weighted by Gasteiger charge is -2.24. The number of anilines is 2. The summed E-state index contributed by atoms with van der Waals surface area (Å²) in [5.41, 5.74) is 9.65. The molecule has 2 bridgehead atoms. The third kappa shape index (κ3) is 6.29. The van der Waals surface area contributed by atoms with Crippen LogP contribution in [-0.4, -0.2) is 20.4 Å². The van der Waals surface area contributed by atoms with Crippen LogP contribution in [0.4, 0.5) is 11.4 Å². The number of fused-ring (bicyclic) bond motifs is 4. The summed E-state index contributed by atoms with van der Waals surface area (Å²) in [6, 6.07) is 13.9. The molecule has 0 saturated heterocycles. The molecular formula is C30H28Cl3N7O2. The maximum absolute atomic E-state index is 13.7. The maximum Gasteiger partial charge on any atom is 0.254 e. The summed E-state index contributed by atoms with van der Waals surface area (Å²) >= 11 is 18.7. The van der Waals surface area contributed by atoms with Crippen LogP contribution in [-0.2, 0) is 4.79 Å². The second kappa shape index (κ2) is 12.5. The lowest BCUT2D eigenvalue weighted by atomic mass is 9.93. The highest BCUT2D eigenvalue weighted by molar-refractivity contribution is 6.34. The minimum atomic E-state index is -0.346. The quantitative estimate of drug-likeness (QED) is 0.138. The van der Waals surface area contributed by atoms with Crippen LogP contribution in [0, 0.1) is 5.92 Å². The zero-order valence-electron chi connectivity index (χ0n) is 22.6. The number of nitrogens with two attached hydrogens (primary N) is 2. The predicted molar refractivity (Wildman–Crippen MR) is 168 cm³/mol. The molecule has 2 aromatic carbocycles. The highest BCUT2D eigenvalue weighted by Crippen LogP contribution is 2.37. The molecule has 0 radical (unpaired) electrons. The lowest BCUT2D eigenvalue weighted by molar-refractivity contribution is -0.119. The van der Waals surface area contributed by atoms with Gasteiger partial charge in [-0.05, 0) is 48.2 Å². The molecule has 2 atom stereocenters. The van der Waals surface area contributed by atoms with Gasteiger partial charge in [-0.2, -0.15) is 0 Å². The number of nitrogens with one attached hydrogen (secondary N) is 1. The summed E-state index contributed by atoms with van der Waals surface area (Å²) in [4.78, 5) is 35.5. The predicted octanol–water partition coefficient (Wildman–Crippen LogP) is 6.30. The molecule has 0 aliphatic carbocycles. The van der Waals surface area contributed by atoms with E-state index in [0.717, 1.165) is 11.1 Å². The summed E-state index contributed by atoms with van der Waals surface area (Å²) in [6.45, 7) is 1.88. The van der Waals surface area contributed by atoms with E-state index in [9.17, 15) is 9.59 Å². The molecule has 5 N–H and O–H groups in total. The summed E-state index contributed by atoms with van der Waals surface area (Å²) in [6.07, 6.45) is 7.94. The van der Waals surface area contributed by atoms with Crippen LogP contribution in [0.3, 0.4) is 0 Å². The number of halogens is 3. The zero-order valence-corrected chi connectivity index (χ0v) is 24.9. The average Bonchev–Trinajstić information content (AvgIpc) is 2.94. The zero-order chi connectivity index (χ0) is 30.0. The number of pyridine rings is 1. The fourth-order valence-electron chi connectivity index (χ4n) is 5.13. The van der Waals surface area contributed by atoms with E-state index >= 15 is 0 Å². The molecule has 1 aliphatic rings. The van der Waals surface area contributed by atoms with Crippen molar-refractivity contribution in [2.75, 3.05) is 10.3 Å². The number of benzene rings is 2. The number of rotatable bonds is 4. The number of amides is 1. The molecule has 42 heavy (non-hydrogen) atoms. The van der Waals surface area contributed by atoms with Gasteiger partial charge < -0.3 is 11.1 Å². The molecule has 3 heterocycles. The second-order valence-corrected chi connectivity index (χ2v) is 11.4. The van der Waals surface area contributed by atoms with Gasteiger partial charge in [0, 0.05) is 34.3 Å². The SMILES string of the molecule is CC1CCCC(n2cnc(-c3cc(Cl)ccc3N(N)/C=C(\N)Cl)cc2=O)c2cccc(c2)-c2c(Cl)cncc2NC1=O. The first-order chi connectivity index (χ1) is 20.1. The van der Waals surface area contributed by atoms with Gasteiger partial charge in [-0.25, -0.2) is 10.8 Å². The molecule has 1 aliphatic heterocycles. The molecular weight excluding hydrogens is 597 g/mol. The fraction of sp³-hybridized carbons (Fsp3) is 0.200. The smallest absolute Gasteiger partial charge is 0.254 e. The van der Waals surface area contributed by atoms with Crippen molar-refractivity contribution in [3.05, 3.63) is 105 Å². The van der Waals surface area contributed by atoms with Crippen molar-refractivity contribution in [1.29, 1.82) is 0 Å². The van der Waals surface area contributed by atoms with Crippen molar-refractivity contribution in [3.8, 4) is 22.4 Å². The minimum absolute atomic E-state index is 0.0153. The third-order valence-corrected chi connectivity index (χ3v) is 7.85. The average molecular weight is 625 g/mol. The molecule has 0 fully saturated rings. The monoisotopic (exact) mass is 623 g/mol. The van der Waals surface area contributed by atoms with Gasteiger partial charge in [-0.15, -0.1) is 0 Å². The van der Waals surface area contributed by atoms with Crippen molar-refractivity contribution >= 4 is 52.1 Å². The van der Waals surface area contributed by atoms with E-state index in [1.54, 1.807) is 35.2 Å². The number of carbonyl (C=O) groups excluding carboxylic acids is 1. The van der Waals surface area contributed by atoms with Crippen LogP contribution >= 0.6 is 34.8 Å². The molecule has 216 valence electrons. The summed E-state index contributed by atoms with van der Waals surface area (Å²) in [7, 11) is 0. The first-order valence-electron chi connectivity index (χ1n) is 13.2. The minimum Gasteiger partial charge on any atom is -0.388 e. The van der Waals surface area contributed by atoms with Crippen LogP contribution in [0.5, 0.6) is 0 Å². The molecule has 9 nitrogen and oxygen atoms in total.